The van der Waals surface area contributed by atoms with Crippen molar-refractivity contribution in [2.24, 2.45) is 0 Å². The van der Waals surface area contributed by atoms with Gasteiger partial charge in [0.15, 0.2) is 0 Å². The summed E-state index contributed by atoms with van der Waals surface area (Å²) in [7, 11) is 0. The normalized spacial score (nSPS) is 13.3. The van der Waals surface area contributed by atoms with Gasteiger partial charge in [0.25, 0.3) is 0 Å². The number of halogens is 1. The first-order valence-corrected chi connectivity index (χ1v) is 11.3. The minimum absolute atomic E-state index is 0.0880. The van der Waals surface area contributed by atoms with Crippen molar-refractivity contribution in [2.45, 2.75) is 59.0 Å². The van der Waals surface area contributed by atoms with E-state index in [4.69, 9.17) is 25.8 Å². The highest BCUT2D eigenvalue weighted by atomic mass is 35.5. The molecule has 0 fully saturated rings. The third-order valence-electron chi connectivity index (χ3n) is 4.19. The van der Waals surface area contributed by atoms with Gasteiger partial charge in [0, 0.05) is 26.0 Å². The van der Waals surface area contributed by atoms with Crippen LogP contribution in [0, 0.1) is 11.8 Å². The molecule has 2 rings (SSSR count). The molecule has 0 saturated carbocycles. The van der Waals surface area contributed by atoms with Crippen LogP contribution in [0.1, 0.15) is 51.8 Å². The first kappa shape index (κ1) is 27.0. The van der Waals surface area contributed by atoms with Gasteiger partial charge in [-0.3, -0.25) is 5.32 Å². The first-order valence-electron chi connectivity index (χ1n) is 10.9. The van der Waals surface area contributed by atoms with E-state index in [1.165, 1.54) is 0 Å². The van der Waals surface area contributed by atoms with E-state index in [-0.39, 0.29) is 11.3 Å². The monoisotopic (exact) mass is 476 g/mol. The van der Waals surface area contributed by atoms with Crippen LogP contribution in [0.3, 0.4) is 0 Å². The minimum atomic E-state index is -1.13. The number of ether oxygens (including phenoxy) is 3. The molecule has 0 amide bonds. The third-order valence-corrected chi connectivity index (χ3v) is 4.38. The molecule has 0 spiro atoms. The maximum Gasteiger partial charge on any atom is 0.224 e. The van der Waals surface area contributed by atoms with Crippen LogP contribution in [-0.4, -0.2) is 53.1 Å². The Bertz CT molecular complexity index is 906. The lowest BCUT2D eigenvalue weighted by atomic mass is 10.1. The predicted molar refractivity (Wildman–Crippen MR) is 129 cm³/mol. The van der Waals surface area contributed by atoms with Crippen molar-refractivity contribution in [3.8, 4) is 11.8 Å². The molecule has 0 aliphatic carbocycles. The zero-order valence-corrected chi connectivity index (χ0v) is 20.5. The van der Waals surface area contributed by atoms with Crippen molar-refractivity contribution in [3.05, 3.63) is 52.9 Å². The lowest BCUT2D eigenvalue weighted by Gasteiger charge is -2.27. The molecule has 0 aliphatic heterocycles. The molecule has 1 unspecified atom stereocenters. The topological polar surface area (TPSA) is 97.8 Å². The van der Waals surface area contributed by atoms with Crippen LogP contribution in [0.2, 0.25) is 5.28 Å². The number of hydrogen-bond donors (Lipinski definition) is 3. The SMILES string of the molecule is CCOC(C#Cc1cnc(Cl)nc1N[C@H](CNC(O)OC(C)(C)C)c1ccccc1)OCC. The molecule has 3 N–H and O–H groups in total. The fourth-order valence-electron chi connectivity index (χ4n) is 2.83. The number of hydrogen-bond acceptors (Lipinski definition) is 8. The molecule has 0 aliphatic rings. The van der Waals surface area contributed by atoms with Crippen LogP contribution in [0.25, 0.3) is 0 Å². The number of aromatic nitrogens is 2. The van der Waals surface area contributed by atoms with Crippen molar-refractivity contribution >= 4 is 17.4 Å². The maximum absolute atomic E-state index is 10.2. The second-order valence-electron chi connectivity index (χ2n) is 8.01. The zero-order valence-electron chi connectivity index (χ0n) is 19.8. The highest BCUT2D eigenvalue weighted by molar-refractivity contribution is 6.28. The Labute approximate surface area is 201 Å². The fourth-order valence-corrected chi connectivity index (χ4v) is 2.96. The van der Waals surface area contributed by atoms with E-state index in [2.05, 4.69) is 32.4 Å². The Morgan fingerprint density at radius 3 is 2.39 bits per heavy atom. The van der Waals surface area contributed by atoms with Crippen LogP contribution < -0.4 is 10.6 Å². The second kappa shape index (κ2) is 13.5. The van der Waals surface area contributed by atoms with Gasteiger partial charge in [-0.1, -0.05) is 36.3 Å². The molecule has 33 heavy (non-hydrogen) atoms. The largest absolute Gasteiger partial charge is 0.361 e. The van der Waals surface area contributed by atoms with Crippen LogP contribution in [-0.2, 0) is 14.2 Å². The minimum Gasteiger partial charge on any atom is -0.361 e. The predicted octanol–water partition coefficient (Wildman–Crippen LogP) is 3.71. The summed E-state index contributed by atoms with van der Waals surface area (Å²) in [6, 6.07) is 9.50. The van der Waals surface area contributed by atoms with E-state index >= 15 is 0 Å². The number of benzene rings is 1. The first-order chi connectivity index (χ1) is 15.7. The molecule has 2 atom stereocenters. The molecule has 180 valence electrons. The Morgan fingerprint density at radius 2 is 1.79 bits per heavy atom. The summed E-state index contributed by atoms with van der Waals surface area (Å²) in [5, 5.41) is 16.7. The number of anilines is 1. The Morgan fingerprint density at radius 1 is 1.12 bits per heavy atom. The number of nitrogens with one attached hydrogen (secondary N) is 2. The van der Waals surface area contributed by atoms with Gasteiger partial charge in [0.05, 0.1) is 17.2 Å². The number of aliphatic hydroxyl groups excluding tert-OH is 1. The van der Waals surface area contributed by atoms with E-state index in [0.29, 0.717) is 31.1 Å². The number of rotatable bonds is 11. The van der Waals surface area contributed by atoms with Gasteiger partial charge >= 0.3 is 0 Å². The Hall–Kier alpha value is -2.25. The molecule has 2 aromatic rings. The smallest absolute Gasteiger partial charge is 0.224 e. The molecule has 1 heterocycles. The summed E-state index contributed by atoms with van der Waals surface area (Å²) in [5.74, 6) is 6.43. The van der Waals surface area contributed by atoms with E-state index in [0.717, 1.165) is 5.56 Å². The summed E-state index contributed by atoms with van der Waals surface area (Å²) in [6.07, 6.45) is -0.239. The molecule has 0 saturated heterocycles. The van der Waals surface area contributed by atoms with Crippen LogP contribution in [0.5, 0.6) is 0 Å². The Balaban J connectivity index is 2.27. The van der Waals surface area contributed by atoms with Crippen molar-refractivity contribution in [1.29, 1.82) is 0 Å². The van der Waals surface area contributed by atoms with Crippen LogP contribution in [0.4, 0.5) is 5.82 Å². The van der Waals surface area contributed by atoms with E-state index < -0.39 is 18.3 Å². The average molecular weight is 477 g/mol. The van der Waals surface area contributed by atoms with E-state index in [1.54, 1.807) is 6.20 Å². The van der Waals surface area contributed by atoms with Gasteiger partial charge in [-0.15, -0.1) is 0 Å². The highest BCUT2D eigenvalue weighted by Crippen LogP contribution is 2.22. The van der Waals surface area contributed by atoms with Crippen molar-refractivity contribution in [3.63, 3.8) is 0 Å². The maximum atomic E-state index is 10.2. The molecular weight excluding hydrogens is 444 g/mol. The van der Waals surface area contributed by atoms with Gasteiger partial charge in [0.2, 0.25) is 18.0 Å². The quantitative estimate of drug-likeness (QED) is 0.256. The van der Waals surface area contributed by atoms with Crippen LogP contribution >= 0.6 is 11.6 Å². The molecule has 8 nitrogen and oxygen atoms in total. The lowest BCUT2D eigenvalue weighted by Crippen LogP contribution is -2.41. The van der Waals surface area contributed by atoms with Gasteiger partial charge in [-0.25, -0.2) is 4.98 Å². The lowest BCUT2D eigenvalue weighted by molar-refractivity contribution is -0.181. The van der Waals surface area contributed by atoms with Crippen molar-refractivity contribution in [1.82, 2.24) is 15.3 Å². The summed E-state index contributed by atoms with van der Waals surface area (Å²) in [6.45, 7) is 10.7. The van der Waals surface area contributed by atoms with Gasteiger partial charge < -0.3 is 24.6 Å². The fraction of sp³-hybridized carbons (Fsp3) is 0.500. The van der Waals surface area contributed by atoms with Crippen molar-refractivity contribution in [2.75, 3.05) is 25.1 Å². The highest BCUT2D eigenvalue weighted by Gasteiger charge is 2.20. The summed E-state index contributed by atoms with van der Waals surface area (Å²) in [5.41, 5.74) is 1.02. The van der Waals surface area contributed by atoms with Gasteiger partial charge in [-0.2, -0.15) is 4.98 Å². The number of aliphatic hydroxyl groups is 1. The second-order valence-corrected chi connectivity index (χ2v) is 8.35. The van der Waals surface area contributed by atoms with Crippen LogP contribution in [0.15, 0.2) is 36.5 Å². The molecule has 0 bridgehead atoms. The standard InChI is InChI=1S/C24H33ClN4O4/c1-6-31-20(32-7-2)14-13-18-15-26-22(25)29-21(18)28-19(17-11-9-8-10-12-17)16-27-23(30)33-24(3,4)5/h8-12,15,19-20,23,27,30H,6-7,16H2,1-5H3,(H,26,28,29)/t19-,23?/m1/s1. The molecule has 0 radical (unpaired) electrons. The molecule has 1 aromatic carbocycles. The average Bonchev–Trinajstić information content (AvgIpc) is 2.75. The zero-order chi connectivity index (χ0) is 24.3. The summed E-state index contributed by atoms with van der Waals surface area (Å²) < 4.78 is 16.5. The number of nitrogens with zero attached hydrogens (tertiary/aromatic N) is 2. The molecule has 1 aromatic heterocycles. The summed E-state index contributed by atoms with van der Waals surface area (Å²) >= 11 is 6.07. The third kappa shape index (κ3) is 10.0. The van der Waals surface area contributed by atoms with E-state index in [9.17, 15) is 5.11 Å². The molecular formula is C24H33ClN4O4. The summed E-state index contributed by atoms with van der Waals surface area (Å²) in [4.78, 5) is 8.39. The molecule has 9 heteroatoms. The Kier molecular flexibility index (Phi) is 11.0. The van der Waals surface area contributed by atoms with Crippen molar-refractivity contribution < 1.29 is 19.3 Å². The van der Waals surface area contributed by atoms with Gasteiger partial charge in [-0.05, 0) is 57.7 Å². The van der Waals surface area contributed by atoms with Gasteiger partial charge in [0.1, 0.15) is 5.82 Å². The van der Waals surface area contributed by atoms with E-state index in [1.807, 2.05) is 65.0 Å².